The molecule has 3 nitrogen and oxygen atoms in total. The van der Waals surface area contributed by atoms with Crippen molar-refractivity contribution in [1.82, 2.24) is 0 Å². The van der Waals surface area contributed by atoms with Crippen molar-refractivity contribution in [3.63, 3.8) is 0 Å². The lowest BCUT2D eigenvalue weighted by molar-refractivity contribution is 0.661. The van der Waals surface area contributed by atoms with Crippen LogP contribution < -0.4 is 9.80 Å². The van der Waals surface area contributed by atoms with E-state index in [2.05, 4.69) is 357 Å². The normalized spacial score (nSPS) is 13.3. The van der Waals surface area contributed by atoms with Gasteiger partial charge in [0.25, 0.3) is 0 Å². The molecule has 0 unspecified atom stereocenters. The van der Waals surface area contributed by atoms with Crippen LogP contribution in [0.3, 0.4) is 0 Å². The SMILES string of the molecule is CC1(C)c2cc3c(-c4ccc(-c5ccc(N(c6ccc(-c7ccccc7)cc6)c6cccc7c6-c6ccccc6C76c7ccccc7-c7ccccc76)cc5)cc4)cccc3cc2-c2c(N(c3ccc(-c4ccccc4)cc3)c3ccc4c(c3)oc3ccccc34)cccc21. The Labute approximate surface area is 553 Å². The van der Waals surface area contributed by atoms with E-state index in [9.17, 15) is 0 Å². The van der Waals surface area contributed by atoms with Crippen molar-refractivity contribution in [2.45, 2.75) is 24.7 Å². The fourth-order valence-corrected chi connectivity index (χ4v) is 16.5. The zero-order valence-electron chi connectivity index (χ0n) is 52.6. The predicted molar refractivity (Wildman–Crippen MR) is 396 cm³/mol. The van der Waals surface area contributed by atoms with Gasteiger partial charge in [0.2, 0.25) is 0 Å². The zero-order valence-corrected chi connectivity index (χ0v) is 52.6. The molecule has 0 radical (unpaired) electrons. The third-order valence-electron chi connectivity index (χ3n) is 20.9. The molecule has 16 aromatic rings. The second kappa shape index (κ2) is 21.3. The van der Waals surface area contributed by atoms with Crippen molar-refractivity contribution in [2.24, 2.45) is 0 Å². The van der Waals surface area contributed by atoms with Crippen LogP contribution in [-0.4, -0.2) is 0 Å². The van der Waals surface area contributed by atoms with Crippen LogP contribution in [0, 0.1) is 0 Å². The zero-order chi connectivity index (χ0) is 62.9. The molecule has 3 aliphatic rings. The minimum Gasteiger partial charge on any atom is -0.456 e. The quantitative estimate of drug-likeness (QED) is 0.136. The van der Waals surface area contributed by atoms with Crippen molar-refractivity contribution in [2.75, 3.05) is 9.80 Å². The van der Waals surface area contributed by atoms with Crippen molar-refractivity contribution in [1.29, 1.82) is 0 Å². The number of hydrogen-bond donors (Lipinski definition) is 0. The first kappa shape index (κ1) is 54.7. The van der Waals surface area contributed by atoms with Gasteiger partial charge >= 0.3 is 0 Å². The van der Waals surface area contributed by atoms with Crippen LogP contribution in [0.2, 0.25) is 0 Å². The van der Waals surface area contributed by atoms with E-state index in [0.29, 0.717) is 0 Å². The molecular weight excluding hydrogens is 1150 g/mol. The molecule has 19 rings (SSSR count). The number of hydrogen-bond acceptors (Lipinski definition) is 3. The summed E-state index contributed by atoms with van der Waals surface area (Å²) < 4.78 is 6.57. The second-order valence-electron chi connectivity index (χ2n) is 26.2. The van der Waals surface area contributed by atoms with Crippen molar-refractivity contribution in [3.8, 4) is 77.9 Å². The maximum Gasteiger partial charge on any atom is 0.137 e. The summed E-state index contributed by atoms with van der Waals surface area (Å²) in [4.78, 5) is 4.91. The van der Waals surface area contributed by atoms with Crippen molar-refractivity contribution >= 4 is 66.8 Å². The van der Waals surface area contributed by atoms with Gasteiger partial charge < -0.3 is 14.2 Å². The van der Waals surface area contributed by atoms with E-state index >= 15 is 0 Å². The van der Waals surface area contributed by atoms with Crippen molar-refractivity contribution < 1.29 is 4.42 Å². The Morgan fingerprint density at radius 1 is 0.242 bits per heavy atom. The largest absolute Gasteiger partial charge is 0.456 e. The average Bonchev–Trinajstić information content (AvgIpc) is 1.51. The number of furan rings is 1. The van der Waals surface area contributed by atoms with Gasteiger partial charge in [-0.3, -0.25) is 0 Å². The van der Waals surface area contributed by atoms with Gasteiger partial charge in [-0.1, -0.05) is 269 Å². The molecule has 95 heavy (non-hydrogen) atoms. The second-order valence-corrected chi connectivity index (χ2v) is 26.2. The van der Waals surface area contributed by atoms with Crippen LogP contribution in [0.25, 0.3) is 111 Å². The van der Waals surface area contributed by atoms with Crippen LogP contribution in [-0.2, 0) is 10.8 Å². The van der Waals surface area contributed by atoms with Crippen LogP contribution in [0.4, 0.5) is 34.1 Å². The van der Waals surface area contributed by atoms with Gasteiger partial charge in [0, 0.05) is 56.1 Å². The monoisotopic (exact) mass is 1210 g/mol. The molecule has 1 heterocycles. The average molecular weight is 1210 g/mol. The first-order chi connectivity index (χ1) is 46.9. The van der Waals surface area contributed by atoms with E-state index in [1.54, 1.807) is 0 Å². The van der Waals surface area contributed by atoms with Gasteiger partial charge in [0.1, 0.15) is 11.2 Å². The van der Waals surface area contributed by atoms with Crippen LogP contribution >= 0.6 is 0 Å². The Bertz CT molecular complexity index is 5680. The Morgan fingerprint density at radius 3 is 1.24 bits per heavy atom. The highest BCUT2D eigenvalue weighted by Gasteiger charge is 2.52. The van der Waals surface area contributed by atoms with E-state index in [4.69, 9.17) is 4.42 Å². The summed E-state index contributed by atoms with van der Waals surface area (Å²) in [5, 5.41) is 4.69. The first-order valence-corrected chi connectivity index (χ1v) is 33.0. The lowest BCUT2D eigenvalue weighted by Gasteiger charge is -2.32. The molecule has 15 aromatic carbocycles. The van der Waals surface area contributed by atoms with E-state index in [1.165, 1.54) is 111 Å². The molecule has 3 aliphatic carbocycles. The summed E-state index contributed by atoms with van der Waals surface area (Å²) in [5.74, 6) is 0. The molecule has 0 amide bonds. The number of fused-ring (bicyclic) bond motifs is 17. The molecule has 0 fully saturated rings. The highest BCUT2D eigenvalue weighted by molar-refractivity contribution is 6.08. The lowest BCUT2D eigenvalue weighted by Crippen LogP contribution is -2.26. The fraction of sp³-hybridized carbons (Fsp3) is 0.0435. The minimum atomic E-state index is -0.457. The predicted octanol–water partition coefficient (Wildman–Crippen LogP) is 25.0. The minimum absolute atomic E-state index is 0.285. The number of benzene rings is 15. The van der Waals surface area contributed by atoms with Gasteiger partial charge in [-0.05, 0) is 190 Å². The summed E-state index contributed by atoms with van der Waals surface area (Å²) >= 11 is 0. The summed E-state index contributed by atoms with van der Waals surface area (Å²) in [5.41, 5.74) is 32.7. The molecule has 0 atom stereocenters. The Morgan fingerprint density at radius 2 is 0.653 bits per heavy atom. The van der Waals surface area contributed by atoms with Gasteiger partial charge in [0.05, 0.1) is 16.8 Å². The van der Waals surface area contributed by atoms with E-state index in [0.717, 1.165) is 67.2 Å². The molecule has 0 saturated carbocycles. The first-order valence-electron chi connectivity index (χ1n) is 33.0. The molecule has 0 saturated heterocycles. The molecular formula is C92H62N2O. The molecule has 1 aromatic heterocycles. The number of rotatable bonds is 10. The highest BCUT2D eigenvalue weighted by atomic mass is 16.3. The van der Waals surface area contributed by atoms with E-state index in [1.807, 2.05) is 6.07 Å². The van der Waals surface area contributed by atoms with E-state index in [-0.39, 0.29) is 5.41 Å². The van der Waals surface area contributed by atoms with Crippen LogP contribution in [0.15, 0.2) is 344 Å². The number of anilines is 6. The smallest absolute Gasteiger partial charge is 0.137 e. The summed E-state index contributed by atoms with van der Waals surface area (Å²) in [7, 11) is 0. The molecule has 0 bridgehead atoms. The fourth-order valence-electron chi connectivity index (χ4n) is 16.5. The standard InChI is InChI=1S/C92H62N2O/c1-91(2)82-33-18-35-86(94(69-52-44-63(45-53-69)60-22-7-4-8-23-60)70-54-55-75-74-27-12-16-37-87(74)95-88(75)57-70)90(82)78-56-66-24-17-29-71(77(66)58-84(78)91)65-40-38-61(39-41-65)64-46-50-68(51-47-64)93(67-48-42-62(43-49-67)59-20-5-3-6-21-59)85-36-19-34-83-89(85)76-28-11-15-32-81(76)92(83)79-30-13-9-25-72(79)73-26-10-14-31-80(73)92/h3-58H,1-2H3. The summed E-state index contributed by atoms with van der Waals surface area (Å²) in [6, 6.07) is 126. The van der Waals surface area contributed by atoms with Crippen LogP contribution in [0.1, 0.15) is 47.2 Å². The van der Waals surface area contributed by atoms with E-state index < -0.39 is 5.41 Å². The third-order valence-corrected chi connectivity index (χ3v) is 20.9. The maximum absolute atomic E-state index is 6.57. The maximum atomic E-state index is 6.57. The summed E-state index contributed by atoms with van der Waals surface area (Å²) in [6.45, 7) is 4.79. The molecule has 1 spiro atoms. The molecule has 0 aliphatic heterocycles. The van der Waals surface area contributed by atoms with Gasteiger partial charge in [-0.2, -0.15) is 0 Å². The highest BCUT2D eigenvalue weighted by Crippen LogP contribution is 2.65. The van der Waals surface area contributed by atoms with Gasteiger partial charge in [-0.15, -0.1) is 0 Å². The molecule has 0 N–H and O–H groups in total. The Balaban J connectivity index is 0.686. The van der Waals surface area contributed by atoms with Crippen molar-refractivity contribution in [3.05, 3.63) is 373 Å². The summed E-state index contributed by atoms with van der Waals surface area (Å²) in [6.07, 6.45) is 0. The Hall–Kier alpha value is -12.0. The molecule has 446 valence electrons. The number of para-hydroxylation sites is 1. The van der Waals surface area contributed by atoms with Gasteiger partial charge in [0.15, 0.2) is 0 Å². The number of nitrogens with zero attached hydrogens (tertiary/aromatic N) is 2. The lowest BCUT2D eigenvalue weighted by atomic mass is 9.70. The Kier molecular flexibility index (Phi) is 12.2. The van der Waals surface area contributed by atoms with Crippen LogP contribution in [0.5, 0.6) is 0 Å². The van der Waals surface area contributed by atoms with Gasteiger partial charge in [-0.25, -0.2) is 0 Å². The topological polar surface area (TPSA) is 19.6 Å². The third kappa shape index (κ3) is 8.32. The molecule has 3 heteroatoms.